The maximum absolute atomic E-state index is 9.21. The van der Waals surface area contributed by atoms with Crippen molar-refractivity contribution in [2.75, 3.05) is 0 Å². The highest BCUT2D eigenvalue weighted by Crippen LogP contribution is 2.21. The Bertz CT molecular complexity index is 457. The molecule has 3 heteroatoms. The van der Waals surface area contributed by atoms with Gasteiger partial charge in [-0.3, -0.25) is 4.68 Å². The van der Waals surface area contributed by atoms with Gasteiger partial charge in [0.15, 0.2) is 0 Å². The number of aromatic hydroxyl groups is 1. The molecule has 2 rings (SSSR count). The van der Waals surface area contributed by atoms with Gasteiger partial charge in [-0.2, -0.15) is 5.10 Å². The van der Waals surface area contributed by atoms with E-state index in [2.05, 4.69) is 18.9 Å². The Morgan fingerprint density at radius 3 is 2.50 bits per heavy atom. The van der Waals surface area contributed by atoms with Crippen molar-refractivity contribution in [1.82, 2.24) is 9.78 Å². The van der Waals surface area contributed by atoms with Gasteiger partial charge in [0.1, 0.15) is 5.75 Å². The molecule has 0 spiro atoms. The van der Waals surface area contributed by atoms with Gasteiger partial charge in [-0.1, -0.05) is 26.0 Å². The normalized spacial score (nSPS) is 10.9. The van der Waals surface area contributed by atoms with E-state index in [4.69, 9.17) is 0 Å². The molecule has 1 N–H and O–H groups in total. The Morgan fingerprint density at radius 1 is 1.19 bits per heavy atom. The summed E-state index contributed by atoms with van der Waals surface area (Å²) in [6, 6.07) is 7.17. The van der Waals surface area contributed by atoms with Crippen LogP contribution >= 0.6 is 0 Å². The van der Waals surface area contributed by atoms with E-state index in [-0.39, 0.29) is 0 Å². The van der Waals surface area contributed by atoms with Crippen LogP contribution in [0.1, 0.15) is 13.8 Å². The monoisotopic (exact) mass is 216 g/mol. The molecule has 16 heavy (non-hydrogen) atoms. The van der Waals surface area contributed by atoms with E-state index in [1.807, 2.05) is 29.2 Å². The second-order valence-corrected chi connectivity index (χ2v) is 4.39. The molecule has 0 bridgehead atoms. The third-order valence-electron chi connectivity index (χ3n) is 2.39. The number of phenols is 1. The Kier molecular flexibility index (Phi) is 2.95. The standard InChI is InChI=1S/C13H16N2O/c1-10(2)8-15-9-12(7-14-15)11-3-5-13(16)6-4-11/h3-7,9-10,16H,8H2,1-2H3. The van der Waals surface area contributed by atoms with Crippen LogP contribution < -0.4 is 0 Å². The summed E-state index contributed by atoms with van der Waals surface area (Å²) in [5, 5.41) is 13.5. The first-order chi connectivity index (χ1) is 7.65. The fourth-order valence-electron chi connectivity index (χ4n) is 1.64. The smallest absolute Gasteiger partial charge is 0.115 e. The molecule has 1 aromatic carbocycles. The maximum atomic E-state index is 9.21. The predicted octanol–water partition coefficient (Wildman–Crippen LogP) is 2.91. The highest BCUT2D eigenvalue weighted by Gasteiger charge is 2.03. The number of phenolic OH excluding ortho intramolecular Hbond substituents is 1. The number of nitrogens with zero attached hydrogens (tertiary/aromatic N) is 2. The van der Waals surface area contributed by atoms with Gasteiger partial charge >= 0.3 is 0 Å². The SMILES string of the molecule is CC(C)Cn1cc(-c2ccc(O)cc2)cn1. The second-order valence-electron chi connectivity index (χ2n) is 4.39. The van der Waals surface area contributed by atoms with Crippen LogP contribution in [-0.4, -0.2) is 14.9 Å². The molecule has 0 aliphatic heterocycles. The van der Waals surface area contributed by atoms with E-state index in [9.17, 15) is 5.11 Å². The van der Waals surface area contributed by atoms with Gasteiger partial charge in [-0.25, -0.2) is 0 Å². The van der Waals surface area contributed by atoms with Crippen molar-refractivity contribution in [3.05, 3.63) is 36.7 Å². The average molecular weight is 216 g/mol. The van der Waals surface area contributed by atoms with Crippen LogP contribution in [0.25, 0.3) is 11.1 Å². The summed E-state index contributed by atoms with van der Waals surface area (Å²) in [5.74, 6) is 0.880. The summed E-state index contributed by atoms with van der Waals surface area (Å²) in [4.78, 5) is 0. The molecule has 0 aliphatic carbocycles. The third kappa shape index (κ3) is 2.42. The van der Waals surface area contributed by atoms with E-state index in [0.717, 1.165) is 17.7 Å². The minimum absolute atomic E-state index is 0.290. The molecule has 0 unspecified atom stereocenters. The average Bonchev–Trinajstić information content (AvgIpc) is 2.66. The van der Waals surface area contributed by atoms with Crippen molar-refractivity contribution < 1.29 is 5.11 Å². The van der Waals surface area contributed by atoms with Crippen molar-refractivity contribution in [3.8, 4) is 16.9 Å². The molecular weight excluding hydrogens is 200 g/mol. The van der Waals surface area contributed by atoms with Gasteiger partial charge < -0.3 is 5.11 Å². The Morgan fingerprint density at radius 2 is 1.88 bits per heavy atom. The molecule has 1 heterocycles. The van der Waals surface area contributed by atoms with Crippen LogP contribution in [0.3, 0.4) is 0 Å². The van der Waals surface area contributed by atoms with Crippen LogP contribution in [-0.2, 0) is 6.54 Å². The topological polar surface area (TPSA) is 38.0 Å². The molecule has 0 atom stereocenters. The first-order valence-corrected chi connectivity index (χ1v) is 5.47. The van der Waals surface area contributed by atoms with Crippen molar-refractivity contribution in [1.29, 1.82) is 0 Å². The summed E-state index contributed by atoms with van der Waals surface area (Å²) < 4.78 is 1.95. The van der Waals surface area contributed by atoms with Gasteiger partial charge in [-0.15, -0.1) is 0 Å². The Balaban J connectivity index is 2.21. The summed E-state index contributed by atoms with van der Waals surface area (Å²) in [7, 11) is 0. The first-order valence-electron chi connectivity index (χ1n) is 5.47. The summed E-state index contributed by atoms with van der Waals surface area (Å²) in [6.07, 6.45) is 3.89. The van der Waals surface area contributed by atoms with Gasteiger partial charge in [-0.05, 0) is 23.6 Å². The van der Waals surface area contributed by atoms with Crippen LogP contribution in [0, 0.1) is 5.92 Å². The molecule has 0 radical (unpaired) electrons. The summed E-state index contributed by atoms with van der Waals surface area (Å²) in [6.45, 7) is 5.27. The largest absolute Gasteiger partial charge is 0.508 e. The maximum Gasteiger partial charge on any atom is 0.115 e. The lowest BCUT2D eigenvalue weighted by Gasteiger charge is -2.03. The fraction of sp³-hybridized carbons (Fsp3) is 0.308. The molecule has 0 amide bonds. The lowest BCUT2D eigenvalue weighted by molar-refractivity contribution is 0.475. The Labute approximate surface area is 95.3 Å². The van der Waals surface area contributed by atoms with Crippen molar-refractivity contribution in [2.24, 2.45) is 5.92 Å². The van der Waals surface area contributed by atoms with Gasteiger partial charge in [0, 0.05) is 18.3 Å². The zero-order valence-electron chi connectivity index (χ0n) is 9.59. The number of rotatable bonds is 3. The van der Waals surface area contributed by atoms with E-state index < -0.39 is 0 Å². The van der Waals surface area contributed by atoms with Crippen molar-refractivity contribution in [2.45, 2.75) is 20.4 Å². The van der Waals surface area contributed by atoms with Gasteiger partial charge in [0.2, 0.25) is 0 Å². The summed E-state index contributed by atoms with van der Waals surface area (Å²) >= 11 is 0. The zero-order chi connectivity index (χ0) is 11.5. The number of benzene rings is 1. The van der Waals surface area contributed by atoms with Crippen LogP contribution in [0.5, 0.6) is 5.75 Å². The van der Waals surface area contributed by atoms with E-state index in [1.54, 1.807) is 12.1 Å². The zero-order valence-corrected chi connectivity index (χ0v) is 9.59. The Hall–Kier alpha value is -1.77. The fourth-order valence-corrected chi connectivity index (χ4v) is 1.64. The molecule has 0 saturated heterocycles. The first kappa shape index (κ1) is 10.7. The predicted molar refractivity (Wildman–Crippen MR) is 64.2 cm³/mol. The second kappa shape index (κ2) is 4.39. The highest BCUT2D eigenvalue weighted by molar-refractivity contribution is 5.62. The quantitative estimate of drug-likeness (QED) is 0.856. The number of aromatic nitrogens is 2. The number of hydrogen-bond acceptors (Lipinski definition) is 2. The van der Waals surface area contributed by atoms with Gasteiger partial charge in [0.05, 0.1) is 6.20 Å². The van der Waals surface area contributed by atoms with E-state index in [0.29, 0.717) is 11.7 Å². The van der Waals surface area contributed by atoms with E-state index >= 15 is 0 Å². The molecule has 84 valence electrons. The molecule has 0 saturated carbocycles. The lowest BCUT2D eigenvalue weighted by atomic mass is 10.1. The highest BCUT2D eigenvalue weighted by atomic mass is 16.3. The number of hydrogen-bond donors (Lipinski definition) is 1. The van der Waals surface area contributed by atoms with E-state index in [1.165, 1.54) is 0 Å². The molecule has 3 nitrogen and oxygen atoms in total. The van der Waals surface area contributed by atoms with Crippen LogP contribution in [0.4, 0.5) is 0 Å². The van der Waals surface area contributed by atoms with Crippen molar-refractivity contribution >= 4 is 0 Å². The van der Waals surface area contributed by atoms with Crippen LogP contribution in [0.2, 0.25) is 0 Å². The molecular formula is C13H16N2O. The van der Waals surface area contributed by atoms with Crippen molar-refractivity contribution in [3.63, 3.8) is 0 Å². The molecule has 0 fully saturated rings. The molecule has 0 aliphatic rings. The minimum Gasteiger partial charge on any atom is -0.508 e. The summed E-state index contributed by atoms with van der Waals surface area (Å²) in [5.41, 5.74) is 2.16. The van der Waals surface area contributed by atoms with Gasteiger partial charge in [0.25, 0.3) is 0 Å². The molecule has 2 aromatic rings. The lowest BCUT2D eigenvalue weighted by Crippen LogP contribution is -2.03. The van der Waals surface area contributed by atoms with Crippen LogP contribution in [0.15, 0.2) is 36.7 Å². The minimum atomic E-state index is 0.290. The third-order valence-corrected chi connectivity index (χ3v) is 2.39. The molecule has 1 aromatic heterocycles.